The van der Waals surface area contributed by atoms with Crippen molar-refractivity contribution in [2.75, 3.05) is 12.8 Å². The molecule has 0 fully saturated rings. The second-order valence-corrected chi connectivity index (χ2v) is 2.91. The van der Waals surface area contributed by atoms with Crippen LogP contribution in [0.1, 0.15) is 15.9 Å². The van der Waals surface area contributed by atoms with Gasteiger partial charge in [-0.15, -0.1) is 13.2 Å². The molecule has 0 spiro atoms. The van der Waals surface area contributed by atoms with E-state index in [-0.39, 0.29) is 0 Å². The van der Waals surface area contributed by atoms with Gasteiger partial charge in [-0.2, -0.15) is 5.26 Å². The fourth-order valence-corrected chi connectivity index (χ4v) is 1.12. The first-order valence-electron chi connectivity index (χ1n) is 4.32. The highest BCUT2D eigenvalue weighted by atomic mass is 19.4. The molecule has 0 radical (unpaired) electrons. The Labute approximate surface area is 98.7 Å². The number of aromatic nitrogens is 1. The number of rotatable bonds is 2. The zero-order chi connectivity index (χ0) is 13.9. The lowest BCUT2D eigenvalue weighted by Crippen LogP contribution is -2.21. The van der Waals surface area contributed by atoms with E-state index in [4.69, 9.17) is 11.0 Å². The van der Waals surface area contributed by atoms with Crippen LogP contribution in [0.3, 0.4) is 0 Å². The molecule has 6 nitrogen and oxygen atoms in total. The molecule has 0 aliphatic carbocycles. The van der Waals surface area contributed by atoms with Gasteiger partial charge in [0, 0.05) is 6.20 Å². The molecular formula is C9H6F3N3O3. The van der Waals surface area contributed by atoms with Crippen LogP contribution in [-0.4, -0.2) is 24.4 Å². The number of nitrogens with two attached hydrogens (primary N) is 1. The van der Waals surface area contributed by atoms with Crippen molar-refractivity contribution in [3.63, 3.8) is 0 Å². The van der Waals surface area contributed by atoms with Crippen LogP contribution in [0, 0.1) is 11.3 Å². The summed E-state index contributed by atoms with van der Waals surface area (Å²) in [5, 5.41) is 8.70. The van der Waals surface area contributed by atoms with Crippen molar-refractivity contribution in [3.05, 3.63) is 17.3 Å². The van der Waals surface area contributed by atoms with E-state index < -0.39 is 35.0 Å². The number of esters is 1. The van der Waals surface area contributed by atoms with E-state index in [1.807, 2.05) is 0 Å². The van der Waals surface area contributed by atoms with Crippen LogP contribution in [0.15, 0.2) is 6.20 Å². The van der Waals surface area contributed by atoms with E-state index in [0.717, 1.165) is 13.3 Å². The minimum atomic E-state index is -5.08. The predicted molar refractivity (Wildman–Crippen MR) is 51.4 cm³/mol. The molecule has 1 heterocycles. The Morgan fingerprint density at radius 3 is 2.61 bits per heavy atom. The lowest BCUT2D eigenvalue weighted by atomic mass is 10.1. The smallest absolute Gasteiger partial charge is 0.465 e. The van der Waals surface area contributed by atoms with Gasteiger partial charge in [0.1, 0.15) is 11.6 Å². The summed E-state index contributed by atoms with van der Waals surface area (Å²) >= 11 is 0. The topological polar surface area (TPSA) is 98.2 Å². The lowest BCUT2D eigenvalue weighted by Gasteiger charge is -2.14. The molecule has 0 bridgehead atoms. The largest absolute Gasteiger partial charge is 0.573 e. The van der Waals surface area contributed by atoms with E-state index >= 15 is 0 Å². The first-order chi connectivity index (χ1) is 8.30. The third kappa shape index (κ3) is 2.79. The lowest BCUT2D eigenvalue weighted by molar-refractivity contribution is -0.274. The van der Waals surface area contributed by atoms with Crippen LogP contribution in [0.2, 0.25) is 0 Å². The highest BCUT2D eigenvalue weighted by molar-refractivity contribution is 5.96. The van der Waals surface area contributed by atoms with Gasteiger partial charge in [0.05, 0.1) is 12.7 Å². The molecule has 0 aliphatic rings. The number of hydrogen-bond acceptors (Lipinski definition) is 6. The highest BCUT2D eigenvalue weighted by Crippen LogP contribution is 2.32. The summed E-state index contributed by atoms with van der Waals surface area (Å²) in [7, 11) is 0.942. The molecule has 0 aliphatic heterocycles. The number of nitrogens with zero attached hydrogens (tertiary/aromatic N) is 2. The first-order valence-corrected chi connectivity index (χ1v) is 4.32. The molecule has 2 N–H and O–H groups in total. The number of hydrogen-bond donors (Lipinski definition) is 1. The summed E-state index contributed by atoms with van der Waals surface area (Å²) in [5.74, 6) is -2.90. The van der Waals surface area contributed by atoms with Crippen molar-refractivity contribution in [2.45, 2.75) is 6.36 Å². The number of nitrogen functional groups attached to an aromatic ring is 1. The van der Waals surface area contributed by atoms with Crippen LogP contribution in [0.4, 0.5) is 19.0 Å². The average molecular weight is 261 g/mol. The van der Waals surface area contributed by atoms with E-state index in [9.17, 15) is 18.0 Å². The summed E-state index contributed by atoms with van der Waals surface area (Å²) in [6.45, 7) is 0. The van der Waals surface area contributed by atoms with E-state index in [2.05, 4.69) is 14.5 Å². The third-order valence-corrected chi connectivity index (χ3v) is 1.79. The van der Waals surface area contributed by atoms with Gasteiger partial charge in [-0.3, -0.25) is 0 Å². The number of halogens is 3. The number of carbonyl (C=O) groups is 1. The number of nitriles is 1. The van der Waals surface area contributed by atoms with Crippen molar-refractivity contribution in [3.8, 4) is 11.8 Å². The summed E-state index contributed by atoms with van der Waals surface area (Å²) in [4.78, 5) is 14.7. The predicted octanol–water partition coefficient (Wildman–Crippen LogP) is 1.22. The molecular weight excluding hydrogens is 255 g/mol. The molecule has 0 saturated heterocycles. The van der Waals surface area contributed by atoms with Gasteiger partial charge in [-0.1, -0.05) is 0 Å². The van der Waals surface area contributed by atoms with Crippen LogP contribution >= 0.6 is 0 Å². The third-order valence-electron chi connectivity index (χ3n) is 1.79. The average Bonchev–Trinajstić information content (AvgIpc) is 2.29. The van der Waals surface area contributed by atoms with Crippen molar-refractivity contribution >= 4 is 11.8 Å². The standard InChI is InChI=1S/C9H6F3N3O3/c1-17-8(16)5-4(2-13)3-15-7(14)6(5)18-9(10,11)12/h3H,1H3,(H2,14,15). The molecule has 1 rings (SSSR count). The summed E-state index contributed by atoms with van der Waals surface area (Å²) in [6, 6.07) is 1.50. The van der Waals surface area contributed by atoms with Gasteiger partial charge >= 0.3 is 12.3 Å². The highest BCUT2D eigenvalue weighted by Gasteiger charge is 2.35. The van der Waals surface area contributed by atoms with Gasteiger partial charge < -0.3 is 15.2 Å². The maximum Gasteiger partial charge on any atom is 0.573 e. The molecule has 0 aromatic carbocycles. The van der Waals surface area contributed by atoms with Crippen LogP contribution in [0.25, 0.3) is 0 Å². The fraction of sp³-hybridized carbons (Fsp3) is 0.222. The van der Waals surface area contributed by atoms with Gasteiger partial charge in [0.15, 0.2) is 11.6 Å². The summed E-state index contributed by atoms with van der Waals surface area (Å²) in [6.07, 6.45) is -4.22. The van der Waals surface area contributed by atoms with Gasteiger partial charge in [-0.05, 0) is 0 Å². The quantitative estimate of drug-likeness (QED) is 0.803. The summed E-state index contributed by atoms with van der Waals surface area (Å²) < 4.78 is 44.3. The van der Waals surface area contributed by atoms with Crippen LogP contribution in [-0.2, 0) is 4.74 Å². The number of anilines is 1. The Morgan fingerprint density at radius 1 is 1.56 bits per heavy atom. The number of pyridine rings is 1. The molecule has 18 heavy (non-hydrogen) atoms. The maximum absolute atomic E-state index is 12.2. The number of ether oxygens (including phenoxy) is 2. The minimum absolute atomic E-state index is 0.435. The Hall–Kier alpha value is -2.50. The number of methoxy groups -OCH3 is 1. The zero-order valence-corrected chi connectivity index (χ0v) is 8.91. The normalized spacial score (nSPS) is 10.6. The Kier molecular flexibility index (Phi) is 3.61. The number of carbonyl (C=O) groups excluding carboxylic acids is 1. The molecule has 1 aromatic rings. The van der Waals surface area contributed by atoms with Gasteiger partial charge in [0.2, 0.25) is 0 Å². The maximum atomic E-state index is 12.2. The molecule has 0 amide bonds. The molecule has 0 atom stereocenters. The van der Waals surface area contributed by atoms with E-state index in [0.29, 0.717) is 0 Å². The molecule has 0 saturated carbocycles. The van der Waals surface area contributed by atoms with Crippen molar-refractivity contribution in [1.29, 1.82) is 5.26 Å². The van der Waals surface area contributed by atoms with Gasteiger partial charge in [0.25, 0.3) is 0 Å². The number of alkyl halides is 3. The van der Waals surface area contributed by atoms with Gasteiger partial charge in [-0.25, -0.2) is 9.78 Å². The van der Waals surface area contributed by atoms with Crippen molar-refractivity contribution in [1.82, 2.24) is 4.98 Å². The SMILES string of the molecule is COC(=O)c1c(C#N)cnc(N)c1OC(F)(F)F. The van der Waals surface area contributed by atoms with E-state index in [1.165, 1.54) is 6.07 Å². The van der Waals surface area contributed by atoms with Crippen LogP contribution in [0.5, 0.6) is 5.75 Å². The molecule has 0 unspecified atom stereocenters. The van der Waals surface area contributed by atoms with E-state index in [1.54, 1.807) is 0 Å². The molecule has 96 valence electrons. The minimum Gasteiger partial charge on any atom is -0.465 e. The van der Waals surface area contributed by atoms with Crippen LogP contribution < -0.4 is 10.5 Å². The molecule has 1 aromatic heterocycles. The fourth-order valence-electron chi connectivity index (χ4n) is 1.12. The monoisotopic (exact) mass is 261 g/mol. The second-order valence-electron chi connectivity index (χ2n) is 2.91. The Balaban J connectivity index is 3.47. The summed E-state index contributed by atoms with van der Waals surface area (Å²) in [5.41, 5.74) is 4.04. The second kappa shape index (κ2) is 4.79. The zero-order valence-electron chi connectivity index (χ0n) is 8.91. The van der Waals surface area contributed by atoms with Crippen molar-refractivity contribution in [2.24, 2.45) is 0 Å². The first kappa shape index (κ1) is 13.6. The Morgan fingerprint density at radius 2 is 2.17 bits per heavy atom. The van der Waals surface area contributed by atoms with Crippen molar-refractivity contribution < 1.29 is 27.4 Å². The molecule has 9 heteroatoms. The Bertz CT molecular complexity index is 522.